The number of aliphatic hydroxyl groups excluding tert-OH is 1. The van der Waals surface area contributed by atoms with Gasteiger partial charge in [-0.15, -0.1) is 0 Å². The molecule has 2 rings (SSSR count). The van der Waals surface area contributed by atoms with Gasteiger partial charge in [0.05, 0.1) is 24.2 Å². The summed E-state index contributed by atoms with van der Waals surface area (Å²) in [5.74, 6) is 0.781. The Morgan fingerprint density at radius 1 is 1.27 bits per heavy atom. The van der Waals surface area contributed by atoms with E-state index in [0.29, 0.717) is 12.5 Å². The van der Waals surface area contributed by atoms with E-state index in [1.54, 1.807) is 0 Å². The molecule has 0 aliphatic heterocycles. The van der Waals surface area contributed by atoms with E-state index in [1.165, 1.54) is 11.1 Å². The minimum Gasteiger partial charge on any atom is -0.395 e. The summed E-state index contributed by atoms with van der Waals surface area (Å²) in [4.78, 5) is 17.0. The first kappa shape index (κ1) is 16.5. The van der Waals surface area contributed by atoms with Crippen molar-refractivity contribution in [2.24, 2.45) is 5.41 Å². The van der Waals surface area contributed by atoms with Gasteiger partial charge in [-0.25, -0.2) is 4.98 Å². The maximum Gasteiger partial charge on any atom is 0.204 e. The Morgan fingerprint density at radius 3 is 2.50 bits per heavy atom. The highest BCUT2D eigenvalue weighted by Crippen LogP contribution is 2.25. The van der Waals surface area contributed by atoms with E-state index in [1.807, 2.05) is 31.4 Å². The number of aliphatic hydroxyl groups is 1. The van der Waals surface area contributed by atoms with Crippen molar-refractivity contribution in [1.82, 2.24) is 9.55 Å². The predicted molar refractivity (Wildman–Crippen MR) is 89.2 cm³/mol. The topological polar surface area (TPSA) is 67.2 Å². The van der Waals surface area contributed by atoms with Gasteiger partial charge in [0, 0.05) is 12.0 Å². The third kappa shape index (κ3) is 3.30. The molecule has 1 heterocycles. The second kappa shape index (κ2) is 6.08. The Kier molecular flexibility index (Phi) is 4.56. The molecule has 22 heavy (non-hydrogen) atoms. The lowest BCUT2D eigenvalue weighted by Gasteiger charge is -2.18. The number of carbonyl (C=O) groups excluding carboxylic acids is 1. The largest absolute Gasteiger partial charge is 0.395 e. The number of aryl methyl sites for hydroxylation is 2. The molecule has 0 amide bonds. The maximum atomic E-state index is 12.4. The standard InChI is InChI=1S/C17H25N3O2/c1-11-8-13-14(9-12(11)2)20(10-15(22)17(3,4)5)16(19-13)18-6-7-21/h8-9,21H,6-7,10H2,1-5H3,(H,18,19). The fraction of sp³-hybridized carbons (Fsp3) is 0.529. The number of carbonyl (C=O) groups is 1. The van der Waals surface area contributed by atoms with Crippen molar-refractivity contribution >= 4 is 22.8 Å². The molecule has 2 aromatic rings. The Bertz CT molecular complexity index is 696. The van der Waals surface area contributed by atoms with Crippen LogP contribution in [0.2, 0.25) is 0 Å². The third-order valence-electron chi connectivity index (χ3n) is 3.90. The van der Waals surface area contributed by atoms with E-state index < -0.39 is 5.41 Å². The number of hydrogen-bond donors (Lipinski definition) is 2. The average Bonchev–Trinajstić information content (AvgIpc) is 2.73. The number of Topliss-reactive ketones (excluding diaryl/α,β-unsaturated/α-hetero) is 1. The van der Waals surface area contributed by atoms with Crippen molar-refractivity contribution in [2.45, 2.75) is 41.2 Å². The molecule has 0 atom stereocenters. The zero-order chi connectivity index (χ0) is 16.5. The van der Waals surface area contributed by atoms with Gasteiger partial charge in [0.15, 0.2) is 5.78 Å². The fourth-order valence-corrected chi connectivity index (χ4v) is 2.22. The van der Waals surface area contributed by atoms with Crippen LogP contribution in [0, 0.1) is 19.3 Å². The third-order valence-corrected chi connectivity index (χ3v) is 3.90. The number of anilines is 1. The van der Waals surface area contributed by atoms with Crippen LogP contribution >= 0.6 is 0 Å². The summed E-state index contributed by atoms with van der Waals surface area (Å²) in [6.07, 6.45) is 0. The molecule has 1 aromatic carbocycles. The van der Waals surface area contributed by atoms with Gasteiger partial charge in [-0.3, -0.25) is 4.79 Å². The van der Waals surface area contributed by atoms with Crippen LogP contribution in [0.3, 0.4) is 0 Å². The second-order valence-corrected chi connectivity index (χ2v) is 6.77. The zero-order valence-corrected chi connectivity index (χ0v) is 14.0. The molecule has 0 aliphatic rings. The van der Waals surface area contributed by atoms with Crippen LogP contribution in [-0.4, -0.2) is 33.6 Å². The summed E-state index contributed by atoms with van der Waals surface area (Å²) in [6.45, 7) is 10.6. The molecule has 1 aromatic heterocycles. The highest BCUT2D eigenvalue weighted by molar-refractivity contribution is 5.87. The van der Waals surface area contributed by atoms with Crippen molar-refractivity contribution in [2.75, 3.05) is 18.5 Å². The molecule has 120 valence electrons. The van der Waals surface area contributed by atoms with Gasteiger partial charge >= 0.3 is 0 Å². The van der Waals surface area contributed by atoms with Gasteiger partial charge in [0.25, 0.3) is 0 Å². The molecular formula is C17H25N3O2. The van der Waals surface area contributed by atoms with Crippen molar-refractivity contribution < 1.29 is 9.90 Å². The molecule has 0 saturated carbocycles. The lowest BCUT2D eigenvalue weighted by atomic mass is 9.91. The maximum absolute atomic E-state index is 12.4. The molecule has 0 saturated heterocycles. The lowest BCUT2D eigenvalue weighted by molar-refractivity contribution is -0.126. The van der Waals surface area contributed by atoms with Crippen LogP contribution in [0.15, 0.2) is 12.1 Å². The Hall–Kier alpha value is -1.88. The van der Waals surface area contributed by atoms with Crippen LogP contribution in [0.1, 0.15) is 31.9 Å². The number of hydrogen-bond acceptors (Lipinski definition) is 4. The van der Waals surface area contributed by atoms with Gasteiger partial charge in [-0.2, -0.15) is 0 Å². The van der Waals surface area contributed by atoms with Crippen LogP contribution in [0.4, 0.5) is 5.95 Å². The molecule has 0 fully saturated rings. The Labute approximate surface area is 131 Å². The van der Waals surface area contributed by atoms with E-state index in [2.05, 4.69) is 30.2 Å². The van der Waals surface area contributed by atoms with E-state index in [0.717, 1.165) is 11.0 Å². The quantitative estimate of drug-likeness (QED) is 0.891. The first-order valence-corrected chi connectivity index (χ1v) is 7.59. The van der Waals surface area contributed by atoms with Crippen LogP contribution < -0.4 is 5.32 Å². The Balaban J connectivity index is 2.51. The summed E-state index contributed by atoms with van der Waals surface area (Å²) in [6, 6.07) is 4.10. The first-order valence-electron chi connectivity index (χ1n) is 7.59. The van der Waals surface area contributed by atoms with Crippen molar-refractivity contribution in [1.29, 1.82) is 0 Å². The van der Waals surface area contributed by atoms with Crippen molar-refractivity contribution in [3.8, 4) is 0 Å². The smallest absolute Gasteiger partial charge is 0.204 e. The molecule has 0 unspecified atom stereocenters. The minimum atomic E-state index is -0.398. The van der Waals surface area contributed by atoms with E-state index in [4.69, 9.17) is 5.11 Å². The Morgan fingerprint density at radius 2 is 1.91 bits per heavy atom. The number of fused-ring (bicyclic) bond motifs is 1. The summed E-state index contributed by atoms with van der Waals surface area (Å²) in [5, 5.41) is 12.1. The van der Waals surface area contributed by atoms with Gasteiger partial charge in [-0.1, -0.05) is 20.8 Å². The number of aromatic nitrogens is 2. The number of nitrogens with zero attached hydrogens (tertiary/aromatic N) is 2. The molecule has 0 spiro atoms. The zero-order valence-electron chi connectivity index (χ0n) is 14.0. The van der Waals surface area contributed by atoms with Gasteiger partial charge in [0.1, 0.15) is 0 Å². The second-order valence-electron chi connectivity index (χ2n) is 6.77. The van der Waals surface area contributed by atoms with Crippen LogP contribution in [-0.2, 0) is 11.3 Å². The number of ketones is 1. The normalized spacial score (nSPS) is 11.9. The van der Waals surface area contributed by atoms with Crippen LogP contribution in [0.5, 0.6) is 0 Å². The molecule has 2 N–H and O–H groups in total. The van der Waals surface area contributed by atoms with Gasteiger partial charge in [0.2, 0.25) is 5.95 Å². The summed E-state index contributed by atoms with van der Waals surface area (Å²) in [7, 11) is 0. The molecule has 0 bridgehead atoms. The number of rotatable bonds is 5. The van der Waals surface area contributed by atoms with Gasteiger partial charge < -0.3 is 15.0 Å². The van der Waals surface area contributed by atoms with E-state index in [9.17, 15) is 4.79 Å². The average molecular weight is 303 g/mol. The highest BCUT2D eigenvalue weighted by atomic mass is 16.3. The number of imidazole rings is 1. The lowest BCUT2D eigenvalue weighted by Crippen LogP contribution is -2.26. The molecular weight excluding hydrogens is 278 g/mol. The van der Waals surface area contributed by atoms with Crippen molar-refractivity contribution in [3.63, 3.8) is 0 Å². The summed E-state index contributed by atoms with van der Waals surface area (Å²) in [5.41, 5.74) is 3.76. The fourth-order valence-electron chi connectivity index (χ4n) is 2.22. The number of benzene rings is 1. The van der Waals surface area contributed by atoms with E-state index >= 15 is 0 Å². The molecule has 0 aliphatic carbocycles. The molecule has 0 radical (unpaired) electrons. The summed E-state index contributed by atoms with van der Waals surface area (Å²) < 4.78 is 1.91. The SMILES string of the molecule is Cc1cc2nc(NCCO)n(CC(=O)C(C)(C)C)c2cc1C. The predicted octanol–water partition coefficient (Wildman–Crippen LogP) is 2.67. The van der Waals surface area contributed by atoms with E-state index in [-0.39, 0.29) is 18.9 Å². The molecule has 5 nitrogen and oxygen atoms in total. The van der Waals surface area contributed by atoms with Crippen molar-refractivity contribution in [3.05, 3.63) is 23.3 Å². The summed E-state index contributed by atoms with van der Waals surface area (Å²) >= 11 is 0. The monoisotopic (exact) mass is 303 g/mol. The van der Waals surface area contributed by atoms with Crippen LogP contribution in [0.25, 0.3) is 11.0 Å². The first-order chi connectivity index (χ1) is 10.2. The molecule has 5 heteroatoms. The highest BCUT2D eigenvalue weighted by Gasteiger charge is 2.23. The number of nitrogens with one attached hydrogen (secondary N) is 1. The minimum absolute atomic E-state index is 0.0223. The van der Waals surface area contributed by atoms with Gasteiger partial charge in [-0.05, 0) is 37.1 Å².